The lowest BCUT2D eigenvalue weighted by atomic mass is 10.1. The van der Waals surface area contributed by atoms with E-state index < -0.39 is 0 Å². The third kappa shape index (κ3) is 4.39. The van der Waals surface area contributed by atoms with Crippen LogP contribution in [0.25, 0.3) is 21.0 Å². The largest absolute Gasteiger partial charge is 0.405 e. The number of halogens is 1. The summed E-state index contributed by atoms with van der Waals surface area (Å²) >= 11 is 7.68. The minimum atomic E-state index is -0.0214. The van der Waals surface area contributed by atoms with Crippen LogP contribution in [0.5, 0.6) is 11.9 Å². The molecule has 186 valence electrons. The van der Waals surface area contributed by atoms with Crippen LogP contribution in [0.1, 0.15) is 48.7 Å². The Kier molecular flexibility index (Phi) is 6.22. The molecule has 0 radical (unpaired) electrons. The first kappa shape index (κ1) is 23.2. The van der Waals surface area contributed by atoms with Crippen LogP contribution in [-0.2, 0) is 0 Å². The topological polar surface area (TPSA) is 105 Å². The van der Waals surface area contributed by atoms with Gasteiger partial charge in [-0.3, -0.25) is 4.79 Å². The quantitative estimate of drug-likeness (QED) is 0.358. The number of benzene rings is 1. The number of pyridine rings is 1. The van der Waals surface area contributed by atoms with E-state index in [4.69, 9.17) is 21.3 Å². The van der Waals surface area contributed by atoms with E-state index in [2.05, 4.69) is 37.4 Å². The molecule has 6 rings (SSSR count). The van der Waals surface area contributed by atoms with Gasteiger partial charge in [-0.1, -0.05) is 13.3 Å². The molecule has 1 saturated heterocycles. The summed E-state index contributed by atoms with van der Waals surface area (Å²) in [5.74, 6) is 0.870. The molecule has 11 heteroatoms. The van der Waals surface area contributed by atoms with Gasteiger partial charge in [-0.05, 0) is 55.5 Å². The lowest BCUT2D eigenvalue weighted by Crippen LogP contribution is -2.36. The number of ether oxygens (including phenoxy) is 1. The number of rotatable bonds is 5. The van der Waals surface area contributed by atoms with Crippen LogP contribution in [-0.4, -0.2) is 51.5 Å². The molecule has 9 nitrogen and oxygen atoms in total. The van der Waals surface area contributed by atoms with Gasteiger partial charge in [0.25, 0.3) is 5.91 Å². The van der Waals surface area contributed by atoms with Crippen molar-refractivity contribution >= 4 is 61.5 Å². The highest BCUT2D eigenvalue weighted by molar-refractivity contribution is 7.21. The first-order valence-electron chi connectivity index (χ1n) is 12.3. The Balaban J connectivity index is 1.33. The van der Waals surface area contributed by atoms with Crippen LogP contribution in [0.3, 0.4) is 0 Å². The molecule has 0 spiro atoms. The SMILES string of the molecule is CCC[C@@H]1CNc2c(sc3ccc4nc(Oc5nc(Cl)nc(N6CCCCC6)n5)ccc4c23)C(=O)N1. The van der Waals surface area contributed by atoms with E-state index in [1.54, 1.807) is 6.07 Å². The summed E-state index contributed by atoms with van der Waals surface area (Å²) in [5.41, 5.74) is 1.64. The number of aromatic nitrogens is 4. The molecule has 0 aliphatic carbocycles. The van der Waals surface area contributed by atoms with Crippen molar-refractivity contribution in [3.63, 3.8) is 0 Å². The fourth-order valence-electron chi connectivity index (χ4n) is 4.91. The van der Waals surface area contributed by atoms with Crippen molar-refractivity contribution in [3.8, 4) is 11.9 Å². The monoisotopic (exact) mass is 523 g/mol. The zero-order valence-corrected chi connectivity index (χ0v) is 21.5. The van der Waals surface area contributed by atoms with E-state index in [0.29, 0.717) is 23.3 Å². The van der Waals surface area contributed by atoms with Crippen LogP contribution < -0.4 is 20.3 Å². The molecule has 0 saturated carbocycles. The van der Waals surface area contributed by atoms with Crippen LogP contribution >= 0.6 is 22.9 Å². The van der Waals surface area contributed by atoms with Gasteiger partial charge in [0.05, 0.1) is 11.2 Å². The summed E-state index contributed by atoms with van der Waals surface area (Å²) in [4.78, 5) is 33.3. The van der Waals surface area contributed by atoms with Gasteiger partial charge in [0, 0.05) is 47.2 Å². The van der Waals surface area contributed by atoms with Gasteiger partial charge in [0.2, 0.25) is 17.1 Å². The van der Waals surface area contributed by atoms with E-state index in [-0.39, 0.29) is 23.2 Å². The van der Waals surface area contributed by atoms with Crippen molar-refractivity contribution in [2.45, 2.75) is 45.1 Å². The Hall–Kier alpha value is -3.24. The average molecular weight is 524 g/mol. The molecule has 2 aliphatic heterocycles. The molecule has 1 amide bonds. The standard InChI is InChI=1S/C25H26ClN7O2S/c1-2-6-14-13-27-20-19-15-7-10-18(29-16(15)8-9-17(19)36-21(20)22(34)28-14)35-25-31-23(26)30-24(32-25)33-11-4-3-5-12-33/h7-10,14,27H,2-6,11-13H2,1H3,(H,28,34)/t14-/m1/s1. The Morgan fingerprint density at radius 2 is 1.97 bits per heavy atom. The highest BCUT2D eigenvalue weighted by atomic mass is 35.5. The fourth-order valence-corrected chi connectivity index (χ4v) is 6.16. The molecule has 1 atom stereocenters. The number of hydrogen-bond acceptors (Lipinski definition) is 9. The van der Waals surface area contributed by atoms with Crippen molar-refractivity contribution in [1.29, 1.82) is 0 Å². The van der Waals surface area contributed by atoms with Crippen molar-refractivity contribution < 1.29 is 9.53 Å². The minimum absolute atomic E-state index is 0.0214. The Labute approximate surface area is 217 Å². The van der Waals surface area contributed by atoms with Crippen LogP contribution in [0.15, 0.2) is 24.3 Å². The maximum atomic E-state index is 12.9. The summed E-state index contributed by atoms with van der Waals surface area (Å²) in [6.45, 7) is 4.60. The van der Waals surface area contributed by atoms with Gasteiger partial charge in [-0.2, -0.15) is 15.0 Å². The summed E-state index contributed by atoms with van der Waals surface area (Å²) in [5, 5.41) is 8.73. The average Bonchev–Trinajstić information content (AvgIpc) is 3.19. The predicted octanol–water partition coefficient (Wildman–Crippen LogP) is 5.39. The van der Waals surface area contributed by atoms with E-state index in [1.165, 1.54) is 17.8 Å². The van der Waals surface area contributed by atoms with E-state index >= 15 is 0 Å². The first-order valence-corrected chi connectivity index (χ1v) is 13.5. The lowest BCUT2D eigenvalue weighted by molar-refractivity contribution is 0.0944. The number of anilines is 2. The van der Waals surface area contributed by atoms with E-state index in [0.717, 1.165) is 65.4 Å². The molecule has 3 aromatic heterocycles. The predicted molar refractivity (Wildman–Crippen MR) is 143 cm³/mol. The van der Waals surface area contributed by atoms with Crippen molar-refractivity contribution in [1.82, 2.24) is 25.3 Å². The highest BCUT2D eigenvalue weighted by Gasteiger charge is 2.26. The molecule has 2 aliphatic rings. The number of amides is 1. The van der Waals surface area contributed by atoms with Gasteiger partial charge < -0.3 is 20.3 Å². The molecule has 4 aromatic rings. The second-order valence-corrected chi connectivity index (χ2v) is 10.5. The highest BCUT2D eigenvalue weighted by Crippen LogP contribution is 2.41. The zero-order valence-electron chi connectivity index (χ0n) is 19.9. The first-order chi connectivity index (χ1) is 17.6. The molecular weight excluding hydrogens is 498 g/mol. The Morgan fingerprint density at radius 3 is 2.81 bits per heavy atom. The summed E-state index contributed by atoms with van der Waals surface area (Å²) in [6, 6.07) is 7.94. The van der Waals surface area contributed by atoms with Crippen molar-refractivity contribution in [2.75, 3.05) is 29.9 Å². The summed E-state index contributed by atoms with van der Waals surface area (Å²) < 4.78 is 6.96. The third-order valence-corrected chi connectivity index (χ3v) is 7.93. The maximum absolute atomic E-state index is 12.9. The summed E-state index contributed by atoms with van der Waals surface area (Å²) in [7, 11) is 0. The zero-order chi connectivity index (χ0) is 24.6. The Bertz CT molecular complexity index is 1450. The van der Waals surface area contributed by atoms with Gasteiger partial charge in [0.15, 0.2) is 0 Å². The molecular formula is C25H26ClN7O2S. The Morgan fingerprint density at radius 1 is 1.11 bits per heavy atom. The number of hydrogen-bond donors (Lipinski definition) is 2. The van der Waals surface area contributed by atoms with Crippen molar-refractivity contribution in [3.05, 3.63) is 34.4 Å². The lowest BCUT2D eigenvalue weighted by Gasteiger charge is -2.26. The molecule has 0 unspecified atom stereocenters. The summed E-state index contributed by atoms with van der Waals surface area (Å²) in [6.07, 6.45) is 5.36. The third-order valence-electron chi connectivity index (χ3n) is 6.61. The molecule has 1 fully saturated rings. The molecule has 5 heterocycles. The second-order valence-electron chi connectivity index (χ2n) is 9.14. The normalized spacial score (nSPS) is 18.0. The molecule has 2 N–H and O–H groups in total. The number of piperidine rings is 1. The second kappa shape index (κ2) is 9.67. The van der Waals surface area contributed by atoms with E-state index in [1.807, 2.05) is 18.2 Å². The van der Waals surface area contributed by atoms with Gasteiger partial charge in [-0.25, -0.2) is 4.98 Å². The fraction of sp³-hybridized carbons (Fsp3) is 0.400. The number of nitrogens with zero attached hydrogens (tertiary/aromatic N) is 5. The van der Waals surface area contributed by atoms with Gasteiger partial charge in [0.1, 0.15) is 4.88 Å². The van der Waals surface area contributed by atoms with Crippen LogP contribution in [0.2, 0.25) is 5.28 Å². The smallest absolute Gasteiger partial charge is 0.329 e. The van der Waals surface area contributed by atoms with Gasteiger partial charge in [-0.15, -0.1) is 11.3 Å². The number of carbonyl (C=O) groups excluding carboxylic acids is 1. The maximum Gasteiger partial charge on any atom is 0.329 e. The minimum Gasteiger partial charge on any atom is -0.405 e. The van der Waals surface area contributed by atoms with Crippen LogP contribution in [0, 0.1) is 0 Å². The molecule has 1 aromatic carbocycles. The van der Waals surface area contributed by atoms with Crippen LogP contribution in [0.4, 0.5) is 11.6 Å². The van der Waals surface area contributed by atoms with Gasteiger partial charge >= 0.3 is 6.01 Å². The number of fused-ring (bicyclic) bond motifs is 5. The van der Waals surface area contributed by atoms with Crippen molar-refractivity contribution in [2.24, 2.45) is 0 Å². The molecule has 0 bridgehead atoms. The molecule has 36 heavy (non-hydrogen) atoms. The number of carbonyl (C=O) groups is 1. The number of nitrogens with one attached hydrogen (secondary N) is 2. The number of thiophene rings is 1. The van der Waals surface area contributed by atoms with E-state index in [9.17, 15) is 4.79 Å².